The van der Waals surface area contributed by atoms with Gasteiger partial charge in [-0.05, 0) is 109 Å². The van der Waals surface area contributed by atoms with Crippen LogP contribution < -0.4 is 0 Å². The zero-order valence-electron chi connectivity index (χ0n) is 26.0. The van der Waals surface area contributed by atoms with Crippen molar-refractivity contribution in [3.05, 3.63) is 127 Å². The van der Waals surface area contributed by atoms with Gasteiger partial charge in [0.2, 0.25) is 0 Å². The molecule has 248 valence electrons. The van der Waals surface area contributed by atoms with Crippen LogP contribution >= 0.6 is 86.4 Å². The average Bonchev–Trinajstić information content (AvgIpc) is 3.91. The van der Waals surface area contributed by atoms with E-state index in [2.05, 4.69) is 12.5 Å². The van der Waals surface area contributed by atoms with E-state index in [0.717, 1.165) is 61.6 Å². The Balaban J connectivity index is 0.000000171. The van der Waals surface area contributed by atoms with Crippen molar-refractivity contribution < 1.29 is 26.5 Å². The molecule has 0 amide bonds. The van der Waals surface area contributed by atoms with Crippen LogP contribution in [-0.2, 0) is 17.3 Å². The van der Waals surface area contributed by atoms with Gasteiger partial charge in [0.05, 0.1) is 69.5 Å². The molecule has 0 unspecified atom stereocenters. The molecule has 14 heteroatoms. The van der Waals surface area contributed by atoms with Crippen molar-refractivity contribution >= 4 is 86.4 Å². The average molecular weight is 773 g/mol. The Morgan fingerprint density at radius 1 is 0.413 bits per heavy atom. The van der Waals surface area contributed by atoms with Crippen molar-refractivity contribution in [2.45, 2.75) is 52.7 Å². The van der Waals surface area contributed by atoms with Crippen molar-refractivity contribution in [2.24, 2.45) is 0 Å². The lowest BCUT2D eigenvalue weighted by Gasteiger charge is -1.96. The maximum Gasteiger partial charge on any atom is 0.115 e. The largest absolute Gasteiger partial charge is 0.468 e. The molecule has 6 rings (SSSR count). The van der Waals surface area contributed by atoms with Crippen molar-refractivity contribution in [1.29, 1.82) is 0 Å². The molecule has 6 aromatic heterocycles. The molecular formula is C32H36O6S8. The standard InChI is InChI=1S/2C10H10O2S2.2C6H8OS2/c1-7-9(3-5-11-7)13-14-10-4-6-12-8(10)2;1-3-9(11-5-1)7-13-14-8-10-4-2-6-12-10;1-5-6(9-8-2)3-4-7-5;1-8-9-5-6-3-2-4-7-6/h3-6H,1-2H3;1-6H,7-8H2;3-4H,1-2H3;2-4H,5H2,1H3. The Bertz CT molecular complexity index is 1460. The highest BCUT2D eigenvalue weighted by Crippen LogP contribution is 2.40. The lowest BCUT2D eigenvalue weighted by atomic mass is 10.5. The first kappa shape index (κ1) is 38.9. The highest BCUT2D eigenvalue weighted by Gasteiger charge is 2.06. The van der Waals surface area contributed by atoms with Crippen LogP contribution in [0.15, 0.2) is 133 Å². The third kappa shape index (κ3) is 15.6. The third-order valence-corrected chi connectivity index (χ3v) is 13.7. The predicted octanol–water partition coefficient (Wildman–Crippen LogP) is 14.0. The molecule has 6 nitrogen and oxygen atoms in total. The van der Waals surface area contributed by atoms with Crippen LogP contribution in [0.2, 0.25) is 0 Å². The summed E-state index contributed by atoms with van der Waals surface area (Å²) in [5, 5.41) is 0. The van der Waals surface area contributed by atoms with Crippen molar-refractivity contribution in [1.82, 2.24) is 0 Å². The van der Waals surface area contributed by atoms with Gasteiger partial charge >= 0.3 is 0 Å². The summed E-state index contributed by atoms with van der Waals surface area (Å²) in [7, 11) is 13.9. The molecule has 0 atom stereocenters. The first-order valence-electron chi connectivity index (χ1n) is 13.6. The fourth-order valence-electron chi connectivity index (χ4n) is 3.06. The minimum Gasteiger partial charge on any atom is -0.468 e. The van der Waals surface area contributed by atoms with Gasteiger partial charge < -0.3 is 26.5 Å². The Kier molecular flexibility index (Phi) is 20.1. The molecule has 0 saturated carbocycles. The van der Waals surface area contributed by atoms with Crippen molar-refractivity contribution in [3.63, 3.8) is 0 Å². The lowest BCUT2D eigenvalue weighted by molar-refractivity contribution is 0.526. The first-order chi connectivity index (χ1) is 22.5. The number of furan rings is 6. The Morgan fingerprint density at radius 2 is 0.783 bits per heavy atom. The molecule has 0 aliphatic carbocycles. The van der Waals surface area contributed by atoms with Gasteiger partial charge in [0.25, 0.3) is 0 Å². The number of hydrogen-bond donors (Lipinski definition) is 0. The molecule has 0 N–H and O–H groups in total. The summed E-state index contributed by atoms with van der Waals surface area (Å²) in [5.74, 6) is 8.78. The van der Waals surface area contributed by atoms with Crippen LogP contribution in [0, 0.1) is 20.8 Å². The summed E-state index contributed by atoms with van der Waals surface area (Å²) in [5.41, 5.74) is 0. The van der Waals surface area contributed by atoms with Crippen LogP contribution in [0.3, 0.4) is 0 Å². The Morgan fingerprint density at radius 3 is 1.07 bits per heavy atom. The quantitative estimate of drug-likeness (QED) is 0.0825. The molecule has 0 aliphatic heterocycles. The fourth-order valence-corrected chi connectivity index (χ4v) is 9.91. The zero-order valence-corrected chi connectivity index (χ0v) is 32.5. The lowest BCUT2D eigenvalue weighted by Crippen LogP contribution is -1.73. The van der Waals surface area contributed by atoms with Crippen LogP contribution in [0.5, 0.6) is 0 Å². The van der Waals surface area contributed by atoms with Crippen LogP contribution in [0.4, 0.5) is 0 Å². The van der Waals surface area contributed by atoms with E-state index in [0.29, 0.717) is 0 Å². The van der Waals surface area contributed by atoms with Gasteiger partial charge in [-0.1, -0.05) is 64.8 Å². The van der Waals surface area contributed by atoms with E-state index < -0.39 is 0 Å². The highest BCUT2D eigenvalue weighted by molar-refractivity contribution is 8.77. The second kappa shape index (κ2) is 23.7. The molecule has 0 fully saturated rings. The molecule has 0 aromatic carbocycles. The van der Waals surface area contributed by atoms with Crippen molar-refractivity contribution in [3.8, 4) is 0 Å². The highest BCUT2D eigenvalue weighted by atomic mass is 33.1. The second-order valence-electron chi connectivity index (χ2n) is 8.63. The Labute approximate surface area is 302 Å². The molecule has 0 saturated heterocycles. The van der Waals surface area contributed by atoms with Gasteiger partial charge in [-0.25, -0.2) is 0 Å². The SMILES string of the molecule is CSSCc1ccco1.CSSc1ccoc1C.Cc1occc1SSc1ccoc1C.c1coc(CSSCc2ccco2)c1. The van der Waals surface area contributed by atoms with Gasteiger partial charge in [0.15, 0.2) is 0 Å². The fraction of sp³-hybridized carbons (Fsp3) is 0.250. The van der Waals surface area contributed by atoms with E-state index in [9.17, 15) is 0 Å². The summed E-state index contributed by atoms with van der Waals surface area (Å²) in [6, 6.07) is 17.6. The summed E-state index contributed by atoms with van der Waals surface area (Å²) in [4.78, 5) is 3.55. The molecule has 0 bridgehead atoms. The molecule has 0 spiro atoms. The first-order valence-corrected chi connectivity index (χ1v) is 23.6. The van der Waals surface area contributed by atoms with Crippen molar-refractivity contribution in [2.75, 3.05) is 12.5 Å². The molecule has 46 heavy (non-hydrogen) atoms. The normalized spacial score (nSPS) is 10.4. The van der Waals surface area contributed by atoms with E-state index >= 15 is 0 Å². The van der Waals surface area contributed by atoms with E-state index in [1.165, 1.54) is 4.90 Å². The zero-order chi connectivity index (χ0) is 32.8. The summed E-state index contributed by atoms with van der Waals surface area (Å²) >= 11 is 0. The number of hydrogen-bond acceptors (Lipinski definition) is 14. The molecule has 6 heterocycles. The monoisotopic (exact) mass is 772 g/mol. The van der Waals surface area contributed by atoms with Gasteiger partial charge in [-0.15, -0.1) is 0 Å². The van der Waals surface area contributed by atoms with E-state index in [-0.39, 0.29) is 0 Å². The molecule has 6 aromatic rings. The van der Waals surface area contributed by atoms with Gasteiger partial charge in [0.1, 0.15) is 34.6 Å². The summed E-state index contributed by atoms with van der Waals surface area (Å²) in [6.45, 7) is 5.90. The van der Waals surface area contributed by atoms with Crippen LogP contribution in [0.25, 0.3) is 0 Å². The third-order valence-electron chi connectivity index (χ3n) is 5.37. The molecule has 0 aliphatic rings. The second-order valence-corrected chi connectivity index (χ2v) is 18.3. The van der Waals surface area contributed by atoms with E-state index in [1.807, 2.05) is 75.4 Å². The minimum absolute atomic E-state index is 0.901. The van der Waals surface area contributed by atoms with Gasteiger partial charge in [0, 0.05) is 0 Å². The predicted molar refractivity (Wildman–Crippen MR) is 205 cm³/mol. The Hall–Kier alpha value is -1.52. The summed E-state index contributed by atoms with van der Waals surface area (Å²) < 4.78 is 31.0. The summed E-state index contributed by atoms with van der Waals surface area (Å²) in [6.07, 6.45) is 14.4. The van der Waals surface area contributed by atoms with Crippen LogP contribution in [0.1, 0.15) is 34.6 Å². The smallest absolute Gasteiger partial charge is 0.115 e. The molecular weight excluding hydrogens is 737 g/mol. The number of aryl methyl sites for hydroxylation is 3. The number of rotatable bonds is 13. The topological polar surface area (TPSA) is 78.8 Å². The maximum absolute atomic E-state index is 5.21. The van der Waals surface area contributed by atoms with E-state index in [1.54, 1.807) is 124 Å². The minimum atomic E-state index is 0.901. The van der Waals surface area contributed by atoms with Gasteiger partial charge in [-0.2, -0.15) is 0 Å². The molecule has 0 radical (unpaired) electrons. The van der Waals surface area contributed by atoms with Gasteiger partial charge in [-0.3, -0.25) is 0 Å². The maximum atomic E-state index is 5.21. The van der Waals surface area contributed by atoms with Crippen LogP contribution in [-0.4, -0.2) is 12.5 Å². The van der Waals surface area contributed by atoms with E-state index in [4.69, 9.17) is 26.5 Å².